The van der Waals surface area contributed by atoms with Crippen molar-refractivity contribution in [1.82, 2.24) is 10.2 Å². The van der Waals surface area contributed by atoms with E-state index in [0.29, 0.717) is 6.04 Å². The van der Waals surface area contributed by atoms with Gasteiger partial charge in [0.25, 0.3) is 0 Å². The summed E-state index contributed by atoms with van der Waals surface area (Å²) in [5, 5.41) is 2.98. The molecule has 0 unspecified atom stereocenters. The highest BCUT2D eigenvalue weighted by atomic mass is 16.6. The van der Waals surface area contributed by atoms with Crippen LogP contribution in [-0.4, -0.2) is 41.8 Å². The molecule has 1 aliphatic heterocycles. The fourth-order valence-electron chi connectivity index (χ4n) is 2.72. The smallest absolute Gasteiger partial charge is 0.407 e. The Balaban J connectivity index is 2.56. The molecular weight excluding hydrogens is 252 g/mol. The number of hydrogen-bond donors (Lipinski definition) is 1. The van der Waals surface area contributed by atoms with E-state index in [9.17, 15) is 4.79 Å². The lowest BCUT2D eigenvalue weighted by molar-refractivity contribution is 0.0450. The molecule has 4 heteroatoms. The first-order chi connectivity index (χ1) is 9.19. The number of piperidine rings is 1. The van der Waals surface area contributed by atoms with Gasteiger partial charge in [-0.1, -0.05) is 18.6 Å². The maximum atomic E-state index is 11.9. The van der Waals surface area contributed by atoms with Crippen molar-refractivity contribution < 1.29 is 9.53 Å². The lowest BCUT2D eigenvalue weighted by Crippen LogP contribution is -2.53. The first kappa shape index (κ1) is 17.0. The number of likely N-dealkylation sites (tertiary alicyclic amines) is 1. The van der Waals surface area contributed by atoms with Crippen LogP contribution >= 0.6 is 0 Å². The Kier molecular flexibility index (Phi) is 6.06. The van der Waals surface area contributed by atoms with Crippen LogP contribution in [0.3, 0.4) is 0 Å². The fourth-order valence-corrected chi connectivity index (χ4v) is 2.72. The quantitative estimate of drug-likeness (QED) is 0.804. The van der Waals surface area contributed by atoms with Gasteiger partial charge in [-0.05, 0) is 54.0 Å². The summed E-state index contributed by atoms with van der Waals surface area (Å²) in [6, 6.07) is 0.456. The monoisotopic (exact) mass is 282 g/mol. The minimum Gasteiger partial charge on any atom is -0.444 e. The number of rotatable bonds is 4. The summed E-state index contributed by atoms with van der Waals surface area (Å²) < 4.78 is 5.33. The van der Waals surface area contributed by atoms with Crippen molar-refractivity contribution in [1.29, 1.82) is 0 Å². The molecule has 0 aliphatic carbocycles. The molecule has 1 fully saturated rings. The number of nitrogens with zero attached hydrogens (tertiary/aromatic N) is 1. The zero-order chi connectivity index (χ0) is 15.3. The van der Waals surface area contributed by atoms with Crippen LogP contribution in [0.4, 0.5) is 4.79 Å². The van der Waals surface area contributed by atoms with Crippen molar-refractivity contribution in [2.24, 2.45) is 0 Å². The van der Waals surface area contributed by atoms with E-state index in [2.05, 4.69) is 30.6 Å². The normalized spacial score (nSPS) is 22.1. The number of carbonyl (C=O) groups excluding carboxylic acids is 1. The predicted molar refractivity (Wildman–Crippen MR) is 82.9 cm³/mol. The molecular formula is C16H30N2O2. The van der Waals surface area contributed by atoms with Crippen molar-refractivity contribution in [3.8, 4) is 0 Å². The van der Waals surface area contributed by atoms with E-state index in [0.717, 1.165) is 19.5 Å². The minimum atomic E-state index is -0.451. The van der Waals surface area contributed by atoms with Crippen LogP contribution in [-0.2, 0) is 4.74 Å². The van der Waals surface area contributed by atoms with E-state index < -0.39 is 5.60 Å². The molecule has 0 saturated carbocycles. The van der Waals surface area contributed by atoms with E-state index in [1.165, 1.54) is 18.4 Å². The molecule has 0 bridgehead atoms. The van der Waals surface area contributed by atoms with Gasteiger partial charge in [-0.25, -0.2) is 4.79 Å². The molecule has 1 rings (SSSR count). The number of nitrogens with one attached hydrogen (secondary N) is 1. The predicted octanol–water partition coefficient (Wildman–Crippen LogP) is 3.33. The Hall–Kier alpha value is -1.03. The second-order valence-electron chi connectivity index (χ2n) is 6.93. The number of hydrogen-bond acceptors (Lipinski definition) is 3. The fraction of sp³-hybridized carbons (Fsp3) is 0.812. The highest BCUT2D eigenvalue weighted by Crippen LogP contribution is 2.21. The maximum absolute atomic E-state index is 11.9. The van der Waals surface area contributed by atoms with Gasteiger partial charge in [0, 0.05) is 18.6 Å². The van der Waals surface area contributed by atoms with Gasteiger partial charge < -0.3 is 10.1 Å². The summed E-state index contributed by atoms with van der Waals surface area (Å²) in [7, 11) is 0. The SMILES string of the molecule is C=C(C)CN1CCCC[C@H]1[C@H](C)NC(=O)OC(C)(C)C. The van der Waals surface area contributed by atoms with Crippen molar-refractivity contribution >= 4 is 6.09 Å². The molecule has 1 N–H and O–H groups in total. The zero-order valence-corrected chi connectivity index (χ0v) is 13.7. The van der Waals surface area contributed by atoms with Crippen LogP contribution in [0.15, 0.2) is 12.2 Å². The summed E-state index contributed by atoms with van der Waals surface area (Å²) >= 11 is 0. The molecule has 0 spiro atoms. The van der Waals surface area contributed by atoms with Gasteiger partial charge in [0.05, 0.1) is 0 Å². The van der Waals surface area contributed by atoms with Gasteiger partial charge in [0.1, 0.15) is 5.60 Å². The van der Waals surface area contributed by atoms with Gasteiger partial charge in [-0.3, -0.25) is 4.90 Å². The largest absolute Gasteiger partial charge is 0.444 e. The molecule has 2 atom stereocenters. The third kappa shape index (κ3) is 5.95. The van der Waals surface area contributed by atoms with E-state index in [1.54, 1.807) is 0 Å². The summed E-state index contributed by atoms with van der Waals surface area (Å²) in [6.45, 7) is 15.7. The van der Waals surface area contributed by atoms with Crippen LogP contribution in [0.1, 0.15) is 53.9 Å². The molecule has 20 heavy (non-hydrogen) atoms. The first-order valence-corrected chi connectivity index (χ1v) is 7.57. The van der Waals surface area contributed by atoms with Crippen LogP contribution in [0, 0.1) is 0 Å². The third-order valence-electron chi connectivity index (χ3n) is 3.46. The number of amides is 1. The first-order valence-electron chi connectivity index (χ1n) is 7.57. The Morgan fingerprint density at radius 3 is 2.65 bits per heavy atom. The number of ether oxygens (including phenoxy) is 1. The van der Waals surface area contributed by atoms with Crippen molar-refractivity contribution in [2.75, 3.05) is 13.1 Å². The Labute approximate surface area is 123 Å². The van der Waals surface area contributed by atoms with Crippen molar-refractivity contribution in [3.05, 3.63) is 12.2 Å². The van der Waals surface area contributed by atoms with Crippen LogP contribution < -0.4 is 5.32 Å². The van der Waals surface area contributed by atoms with E-state index >= 15 is 0 Å². The molecule has 1 saturated heterocycles. The highest BCUT2D eigenvalue weighted by molar-refractivity contribution is 5.68. The Morgan fingerprint density at radius 2 is 2.10 bits per heavy atom. The second kappa shape index (κ2) is 7.11. The topological polar surface area (TPSA) is 41.6 Å². The molecule has 1 aliphatic rings. The highest BCUT2D eigenvalue weighted by Gasteiger charge is 2.29. The molecule has 1 heterocycles. The van der Waals surface area contributed by atoms with Gasteiger partial charge in [0.2, 0.25) is 0 Å². The lowest BCUT2D eigenvalue weighted by Gasteiger charge is -2.39. The van der Waals surface area contributed by atoms with Gasteiger partial charge in [-0.2, -0.15) is 0 Å². The number of carbonyl (C=O) groups is 1. The average Bonchev–Trinajstić information content (AvgIpc) is 2.25. The Bertz CT molecular complexity index is 347. The van der Waals surface area contributed by atoms with E-state index in [-0.39, 0.29) is 12.1 Å². The lowest BCUT2D eigenvalue weighted by atomic mass is 9.96. The molecule has 0 aromatic rings. The van der Waals surface area contributed by atoms with Gasteiger partial charge in [-0.15, -0.1) is 0 Å². The van der Waals surface area contributed by atoms with Crippen LogP contribution in [0.5, 0.6) is 0 Å². The maximum Gasteiger partial charge on any atom is 0.407 e. The van der Waals surface area contributed by atoms with Crippen molar-refractivity contribution in [2.45, 2.75) is 71.6 Å². The summed E-state index contributed by atoms with van der Waals surface area (Å²) in [4.78, 5) is 14.3. The van der Waals surface area contributed by atoms with Gasteiger partial charge >= 0.3 is 6.09 Å². The molecule has 0 aromatic heterocycles. The Morgan fingerprint density at radius 1 is 1.45 bits per heavy atom. The van der Waals surface area contributed by atoms with E-state index in [4.69, 9.17) is 4.74 Å². The minimum absolute atomic E-state index is 0.0875. The standard InChI is InChI=1S/C16H30N2O2/c1-12(2)11-18-10-8-7-9-14(18)13(3)17-15(19)20-16(4,5)6/h13-14H,1,7-11H2,2-6H3,(H,17,19)/t13-,14-/m0/s1. The van der Waals surface area contributed by atoms with Crippen LogP contribution in [0.25, 0.3) is 0 Å². The van der Waals surface area contributed by atoms with Gasteiger partial charge in [0.15, 0.2) is 0 Å². The van der Waals surface area contributed by atoms with Crippen molar-refractivity contribution in [3.63, 3.8) is 0 Å². The molecule has 0 aromatic carbocycles. The molecule has 0 radical (unpaired) electrons. The van der Waals surface area contributed by atoms with E-state index in [1.807, 2.05) is 20.8 Å². The summed E-state index contributed by atoms with van der Waals surface area (Å²) in [6.07, 6.45) is 3.23. The molecule has 116 valence electrons. The molecule has 1 amide bonds. The van der Waals surface area contributed by atoms with Crippen LogP contribution in [0.2, 0.25) is 0 Å². The zero-order valence-electron chi connectivity index (χ0n) is 13.7. The average molecular weight is 282 g/mol. The molecule has 4 nitrogen and oxygen atoms in total. The third-order valence-corrected chi connectivity index (χ3v) is 3.46. The summed E-state index contributed by atoms with van der Waals surface area (Å²) in [5.41, 5.74) is 0.717. The number of alkyl carbamates (subject to hydrolysis) is 1. The summed E-state index contributed by atoms with van der Waals surface area (Å²) in [5.74, 6) is 0. The second-order valence-corrected chi connectivity index (χ2v) is 6.93.